The van der Waals surface area contributed by atoms with Crippen molar-refractivity contribution in [2.24, 2.45) is 0 Å². The summed E-state index contributed by atoms with van der Waals surface area (Å²) in [6, 6.07) is 6.03. The molecule has 0 saturated carbocycles. The Bertz CT molecular complexity index is 636. The van der Waals surface area contributed by atoms with Gasteiger partial charge in [-0.25, -0.2) is 4.98 Å². The van der Waals surface area contributed by atoms with Crippen molar-refractivity contribution in [1.82, 2.24) is 15.3 Å². The number of amides is 1. The quantitative estimate of drug-likeness (QED) is 0.924. The summed E-state index contributed by atoms with van der Waals surface area (Å²) < 4.78 is 0. The van der Waals surface area contributed by atoms with E-state index in [1.807, 2.05) is 45.9 Å². The van der Waals surface area contributed by atoms with E-state index in [4.69, 9.17) is 0 Å². The van der Waals surface area contributed by atoms with Crippen LogP contribution in [0.3, 0.4) is 0 Å². The van der Waals surface area contributed by atoms with Gasteiger partial charge >= 0.3 is 0 Å². The number of nitrogens with zero attached hydrogens (tertiary/aromatic N) is 2. The zero-order chi connectivity index (χ0) is 15.4. The number of carbonyl (C=O) groups excluding carboxylic acids is 1. The number of aromatic nitrogens is 2. The van der Waals surface area contributed by atoms with Gasteiger partial charge in [0, 0.05) is 28.7 Å². The lowest BCUT2D eigenvalue weighted by Gasteiger charge is -2.13. The number of hydrogen-bond acceptors (Lipinski definition) is 4. The Kier molecular flexibility index (Phi) is 5.07. The largest absolute Gasteiger partial charge is 0.353 e. The van der Waals surface area contributed by atoms with Crippen molar-refractivity contribution < 1.29 is 4.79 Å². The molecule has 0 aromatic carbocycles. The summed E-state index contributed by atoms with van der Waals surface area (Å²) in [7, 11) is 0. The van der Waals surface area contributed by atoms with Crippen LogP contribution in [0.15, 0.2) is 18.2 Å². The van der Waals surface area contributed by atoms with E-state index in [1.165, 1.54) is 0 Å². The molecule has 0 bridgehead atoms. The van der Waals surface area contributed by atoms with Crippen LogP contribution in [-0.4, -0.2) is 21.9 Å². The summed E-state index contributed by atoms with van der Waals surface area (Å²) >= 11 is 1.59. The van der Waals surface area contributed by atoms with Gasteiger partial charge in [0.25, 0.3) is 0 Å². The molecule has 2 aromatic rings. The summed E-state index contributed by atoms with van der Waals surface area (Å²) in [5, 5.41) is 4.04. The Hall–Kier alpha value is -1.75. The second-order valence-corrected chi connectivity index (χ2v) is 6.65. The molecule has 0 fully saturated rings. The molecule has 0 unspecified atom stereocenters. The second kappa shape index (κ2) is 6.80. The first kappa shape index (κ1) is 15.6. The molecule has 0 radical (unpaired) electrons. The number of thiazole rings is 1. The third-order valence-corrected chi connectivity index (χ3v) is 4.26. The van der Waals surface area contributed by atoms with E-state index >= 15 is 0 Å². The van der Waals surface area contributed by atoms with Gasteiger partial charge in [-0.1, -0.05) is 6.07 Å². The summed E-state index contributed by atoms with van der Waals surface area (Å²) in [6.45, 7) is 7.89. The van der Waals surface area contributed by atoms with Gasteiger partial charge in [0.2, 0.25) is 5.91 Å². The predicted molar refractivity (Wildman–Crippen MR) is 85.6 cm³/mol. The van der Waals surface area contributed by atoms with Crippen molar-refractivity contribution in [3.63, 3.8) is 0 Å². The number of pyridine rings is 1. The van der Waals surface area contributed by atoms with E-state index in [0.717, 1.165) is 33.4 Å². The van der Waals surface area contributed by atoms with Crippen molar-refractivity contribution in [2.45, 2.75) is 46.6 Å². The van der Waals surface area contributed by atoms with Gasteiger partial charge in [-0.3, -0.25) is 9.78 Å². The van der Waals surface area contributed by atoms with E-state index in [-0.39, 0.29) is 11.9 Å². The van der Waals surface area contributed by atoms with E-state index in [9.17, 15) is 4.79 Å². The fraction of sp³-hybridized carbons (Fsp3) is 0.438. The number of carbonyl (C=O) groups is 1. The molecule has 0 saturated heterocycles. The number of hydrogen-bond donors (Lipinski definition) is 1. The smallest absolute Gasteiger partial charge is 0.225 e. The van der Waals surface area contributed by atoms with Crippen molar-refractivity contribution in [1.29, 1.82) is 0 Å². The average molecular weight is 303 g/mol. The molecule has 1 amide bonds. The molecular formula is C16H21N3OS. The fourth-order valence-corrected chi connectivity index (χ4v) is 3.22. The van der Waals surface area contributed by atoms with Crippen LogP contribution in [0.4, 0.5) is 0 Å². The highest BCUT2D eigenvalue weighted by Gasteiger charge is 2.13. The van der Waals surface area contributed by atoms with Crippen LogP contribution in [-0.2, 0) is 17.6 Å². The van der Waals surface area contributed by atoms with Crippen LogP contribution in [0.5, 0.6) is 0 Å². The summed E-state index contributed by atoms with van der Waals surface area (Å²) in [4.78, 5) is 21.9. The van der Waals surface area contributed by atoms with Gasteiger partial charge in [-0.05, 0) is 39.8 Å². The van der Waals surface area contributed by atoms with Gasteiger partial charge < -0.3 is 5.32 Å². The molecule has 0 aliphatic rings. The molecule has 0 spiro atoms. The Morgan fingerprint density at radius 2 is 2.05 bits per heavy atom. The molecule has 0 aliphatic carbocycles. The zero-order valence-electron chi connectivity index (χ0n) is 12.9. The minimum Gasteiger partial charge on any atom is -0.353 e. The molecule has 0 aliphatic heterocycles. The van der Waals surface area contributed by atoms with Crippen molar-refractivity contribution in [3.8, 4) is 0 Å². The summed E-state index contributed by atoms with van der Waals surface area (Å²) in [5.74, 6) is 0.0434. The molecule has 5 heteroatoms. The third-order valence-electron chi connectivity index (χ3n) is 3.19. The number of rotatable bonds is 5. The molecule has 2 aromatic heterocycles. The summed E-state index contributed by atoms with van der Waals surface area (Å²) in [6.07, 6.45) is 1.15. The first-order valence-electron chi connectivity index (χ1n) is 7.09. The lowest BCUT2D eigenvalue weighted by Crippen LogP contribution is -2.35. The Morgan fingerprint density at radius 3 is 2.67 bits per heavy atom. The molecule has 4 nitrogen and oxygen atoms in total. The molecular weight excluding hydrogens is 282 g/mol. The maximum absolute atomic E-state index is 12.1. The third kappa shape index (κ3) is 4.63. The fourth-order valence-electron chi connectivity index (χ4n) is 2.29. The highest BCUT2D eigenvalue weighted by Crippen LogP contribution is 2.17. The molecule has 1 N–H and O–H groups in total. The normalized spacial score (nSPS) is 12.2. The Balaban J connectivity index is 1.89. The molecule has 2 rings (SSSR count). The van der Waals surface area contributed by atoms with E-state index in [0.29, 0.717) is 6.42 Å². The van der Waals surface area contributed by atoms with Crippen molar-refractivity contribution in [3.05, 3.63) is 45.2 Å². The maximum Gasteiger partial charge on any atom is 0.225 e. The summed E-state index contributed by atoms with van der Waals surface area (Å²) in [5.41, 5.74) is 2.97. The van der Waals surface area contributed by atoms with Gasteiger partial charge in [0.05, 0.1) is 17.1 Å². The first-order valence-corrected chi connectivity index (χ1v) is 7.90. The van der Waals surface area contributed by atoms with Crippen LogP contribution in [0, 0.1) is 20.8 Å². The maximum atomic E-state index is 12.1. The first-order chi connectivity index (χ1) is 9.94. The predicted octanol–water partition coefficient (Wildman–Crippen LogP) is 2.75. The lowest BCUT2D eigenvalue weighted by atomic mass is 10.1. The zero-order valence-corrected chi connectivity index (χ0v) is 13.8. The SMILES string of the molecule is Cc1cccc(C[C@@H](C)NC(=O)Cc2sc(C)nc2C)n1. The minimum atomic E-state index is 0.0434. The molecule has 112 valence electrons. The Labute approximate surface area is 129 Å². The molecule has 1 atom stereocenters. The van der Waals surface area contributed by atoms with Gasteiger partial charge in [0.1, 0.15) is 0 Å². The van der Waals surface area contributed by atoms with Crippen LogP contribution in [0.25, 0.3) is 0 Å². The monoisotopic (exact) mass is 303 g/mol. The lowest BCUT2D eigenvalue weighted by molar-refractivity contribution is -0.121. The van der Waals surface area contributed by atoms with Crippen molar-refractivity contribution in [2.75, 3.05) is 0 Å². The standard InChI is InChI=1S/C16H21N3OS/c1-10-6-5-7-14(17-10)8-11(2)18-16(20)9-15-12(3)19-13(4)21-15/h5-7,11H,8-9H2,1-4H3,(H,18,20)/t11-/m1/s1. The van der Waals surface area contributed by atoms with E-state index in [1.54, 1.807) is 11.3 Å². The van der Waals surface area contributed by atoms with Crippen molar-refractivity contribution >= 4 is 17.2 Å². The highest BCUT2D eigenvalue weighted by atomic mass is 32.1. The van der Waals surface area contributed by atoms with Crippen LogP contribution < -0.4 is 5.32 Å². The number of nitrogens with one attached hydrogen (secondary N) is 1. The van der Waals surface area contributed by atoms with E-state index < -0.39 is 0 Å². The van der Waals surface area contributed by atoms with Gasteiger partial charge in [-0.15, -0.1) is 11.3 Å². The van der Waals surface area contributed by atoms with Crippen LogP contribution in [0.1, 0.15) is 33.9 Å². The van der Waals surface area contributed by atoms with Crippen LogP contribution >= 0.6 is 11.3 Å². The van der Waals surface area contributed by atoms with E-state index in [2.05, 4.69) is 15.3 Å². The second-order valence-electron chi connectivity index (χ2n) is 5.36. The minimum absolute atomic E-state index is 0.0434. The topological polar surface area (TPSA) is 54.9 Å². The molecule has 2 heterocycles. The molecule has 21 heavy (non-hydrogen) atoms. The average Bonchev–Trinajstić information content (AvgIpc) is 2.67. The highest BCUT2D eigenvalue weighted by molar-refractivity contribution is 7.11. The van der Waals surface area contributed by atoms with Gasteiger partial charge in [-0.2, -0.15) is 0 Å². The number of aryl methyl sites for hydroxylation is 3. The van der Waals surface area contributed by atoms with Crippen LogP contribution in [0.2, 0.25) is 0 Å². The Morgan fingerprint density at radius 1 is 1.29 bits per heavy atom. The van der Waals surface area contributed by atoms with Gasteiger partial charge in [0.15, 0.2) is 0 Å².